The molecule has 0 atom stereocenters. The minimum absolute atomic E-state index is 0.397. The molecular weight excluding hydrogens is 250 g/mol. The first-order valence-corrected chi connectivity index (χ1v) is 7.21. The zero-order valence-electron chi connectivity index (χ0n) is 12.9. The quantitative estimate of drug-likeness (QED) is 0.908. The summed E-state index contributed by atoms with van der Waals surface area (Å²) < 4.78 is 2.06. The minimum atomic E-state index is 0.397. The Morgan fingerprint density at radius 1 is 1.25 bits per heavy atom. The summed E-state index contributed by atoms with van der Waals surface area (Å²) in [4.78, 5) is 13.6. The van der Waals surface area contributed by atoms with Gasteiger partial charge in [0.05, 0.1) is 12.5 Å². The van der Waals surface area contributed by atoms with Crippen LogP contribution < -0.4 is 5.32 Å². The van der Waals surface area contributed by atoms with Crippen LogP contribution >= 0.6 is 0 Å². The first-order valence-electron chi connectivity index (χ1n) is 7.21. The standard InChI is InChI=1S/C15H23N5/c1-6-17-15-13(10(3)4)11(5)18-14(19-15)12-8-16-9-20(12)7-2/h8-10H,6-7H2,1-5H3,(H,17,18,19). The van der Waals surface area contributed by atoms with Crippen LogP contribution in [0.15, 0.2) is 12.5 Å². The summed E-state index contributed by atoms with van der Waals surface area (Å²) in [7, 11) is 0. The lowest BCUT2D eigenvalue weighted by atomic mass is 10.0. The van der Waals surface area contributed by atoms with Crippen molar-refractivity contribution in [3.63, 3.8) is 0 Å². The van der Waals surface area contributed by atoms with Gasteiger partial charge in [0, 0.05) is 24.3 Å². The SMILES string of the molecule is CCNc1nc(-c2cncn2CC)nc(C)c1C(C)C. The molecule has 5 nitrogen and oxygen atoms in total. The molecule has 1 N–H and O–H groups in total. The lowest BCUT2D eigenvalue weighted by Crippen LogP contribution is -2.10. The van der Waals surface area contributed by atoms with Crippen LogP contribution in [0.3, 0.4) is 0 Å². The van der Waals surface area contributed by atoms with Gasteiger partial charge in [-0.1, -0.05) is 13.8 Å². The summed E-state index contributed by atoms with van der Waals surface area (Å²) in [5, 5.41) is 3.36. The summed E-state index contributed by atoms with van der Waals surface area (Å²) in [5.41, 5.74) is 3.19. The summed E-state index contributed by atoms with van der Waals surface area (Å²) in [6.07, 6.45) is 3.64. The summed E-state index contributed by atoms with van der Waals surface area (Å²) in [5.74, 6) is 2.07. The molecule has 0 unspecified atom stereocenters. The van der Waals surface area contributed by atoms with Gasteiger partial charge in [0.2, 0.25) is 0 Å². The molecule has 2 heterocycles. The highest BCUT2D eigenvalue weighted by Gasteiger charge is 2.16. The summed E-state index contributed by atoms with van der Waals surface area (Å²) >= 11 is 0. The Balaban J connectivity index is 2.56. The Morgan fingerprint density at radius 3 is 2.60 bits per heavy atom. The normalized spacial score (nSPS) is 11.1. The Morgan fingerprint density at radius 2 is 2.00 bits per heavy atom. The van der Waals surface area contributed by atoms with E-state index >= 15 is 0 Å². The zero-order valence-corrected chi connectivity index (χ0v) is 12.9. The molecule has 108 valence electrons. The van der Waals surface area contributed by atoms with Crippen molar-refractivity contribution in [2.75, 3.05) is 11.9 Å². The fraction of sp³-hybridized carbons (Fsp3) is 0.533. The number of rotatable bonds is 5. The van der Waals surface area contributed by atoms with Gasteiger partial charge >= 0.3 is 0 Å². The second-order valence-electron chi connectivity index (χ2n) is 5.14. The van der Waals surface area contributed by atoms with Crippen molar-refractivity contribution < 1.29 is 0 Å². The molecule has 0 saturated heterocycles. The molecule has 0 aliphatic rings. The van der Waals surface area contributed by atoms with E-state index in [0.717, 1.165) is 36.1 Å². The third kappa shape index (κ3) is 2.66. The Kier molecular flexibility index (Phi) is 4.37. The molecule has 0 aliphatic heterocycles. The van der Waals surface area contributed by atoms with Crippen molar-refractivity contribution in [3.05, 3.63) is 23.8 Å². The van der Waals surface area contributed by atoms with Gasteiger partial charge in [0.25, 0.3) is 0 Å². The molecule has 20 heavy (non-hydrogen) atoms. The number of anilines is 1. The van der Waals surface area contributed by atoms with Crippen LogP contribution in [0.2, 0.25) is 0 Å². The predicted octanol–water partition coefficient (Wildman–Crippen LogP) is 3.22. The van der Waals surface area contributed by atoms with Crippen molar-refractivity contribution in [3.8, 4) is 11.5 Å². The summed E-state index contributed by atoms with van der Waals surface area (Å²) in [6, 6.07) is 0. The first-order chi connectivity index (χ1) is 9.58. The van der Waals surface area contributed by atoms with E-state index in [4.69, 9.17) is 4.98 Å². The second kappa shape index (κ2) is 6.03. The van der Waals surface area contributed by atoms with Crippen LogP contribution in [-0.2, 0) is 6.54 Å². The maximum Gasteiger partial charge on any atom is 0.180 e. The van der Waals surface area contributed by atoms with E-state index in [9.17, 15) is 0 Å². The monoisotopic (exact) mass is 273 g/mol. The van der Waals surface area contributed by atoms with Crippen molar-refractivity contribution >= 4 is 5.82 Å². The maximum atomic E-state index is 4.71. The highest BCUT2D eigenvalue weighted by molar-refractivity contribution is 5.57. The lowest BCUT2D eigenvalue weighted by Gasteiger charge is -2.16. The number of nitrogens with one attached hydrogen (secondary N) is 1. The van der Waals surface area contributed by atoms with E-state index in [1.807, 2.05) is 19.4 Å². The van der Waals surface area contributed by atoms with E-state index in [1.54, 1.807) is 0 Å². The van der Waals surface area contributed by atoms with Gasteiger partial charge in [-0.2, -0.15) is 0 Å². The zero-order chi connectivity index (χ0) is 14.7. The minimum Gasteiger partial charge on any atom is -0.370 e. The third-order valence-corrected chi connectivity index (χ3v) is 3.34. The molecule has 5 heteroatoms. The molecule has 0 bridgehead atoms. The predicted molar refractivity (Wildman–Crippen MR) is 81.9 cm³/mol. The van der Waals surface area contributed by atoms with E-state index in [-0.39, 0.29) is 0 Å². The lowest BCUT2D eigenvalue weighted by molar-refractivity contribution is 0.760. The molecule has 0 spiro atoms. The summed E-state index contributed by atoms with van der Waals surface area (Å²) in [6.45, 7) is 12.3. The fourth-order valence-electron chi connectivity index (χ4n) is 2.45. The van der Waals surface area contributed by atoms with Gasteiger partial charge in [-0.05, 0) is 26.7 Å². The van der Waals surface area contributed by atoms with Crippen LogP contribution in [0.4, 0.5) is 5.82 Å². The molecule has 0 amide bonds. The van der Waals surface area contributed by atoms with Crippen LogP contribution in [-0.4, -0.2) is 26.1 Å². The number of aromatic nitrogens is 4. The van der Waals surface area contributed by atoms with Crippen LogP contribution in [0.25, 0.3) is 11.5 Å². The average Bonchev–Trinajstić information content (AvgIpc) is 2.86. The second-order valence-corrected chi connectivity index (χ2v) is 5.14. The third-order valence-electron chi connectivity index (χ3n) is 3.34. The van der Waals surface area contributed by atoms with Gasteiger partial charge < -0.3 is 9.88 Å². The Hall–Kier alpha value is -1.91. The maximum absolute atomic E-state index is 4.71. The van der Waals surface area contributed by atoms with Crippen LogP contribution in [0.1, 0.15) is 44.9 Å². The molecule has 0 fully saturated rings. The topological polar surface area (TPSA) is 55.6 Å². The van der Waals surface area contributed by atoms with E-state index in [0.29, 0.717) is 5.92 Å². The van der Waals surface area contributed by atoms with E-state index in [2.05, 4.69) is 47.5 Å². The average molecular weight is 273 g/mol. The highest BCUT2D eigenvalue weighted by Crippen LogP contribution is 2.28. The van der Waals surface area contributed by atoms with Gasteiger partial charge in [-0.25, -0.2) is 15.0 Å². The van der Waals surface area contributed by atoms with Gasteiger partial charge in [0.15, 0.2) is 5.82 Å². The number of nitrogens with zero attached hydrogens (tertiary/aromatic N) is 4. The van der Waals surface area contributed by atoms with Gasteiger partial charge in [0.1, 0.15) is 11.5 Å². The number of aryl methyl sites for hydroxylation is 2. The molecule has 0 aliphatic carbocycles. The van der Waals surface area contributed by atoms with Crippen molar-refractivity contribution in [2.24, 2.45) is 0 Å². The molecule has 2 rings (SSSR count). The molecule has 0 aromatic carbocycles. The fourth-order valence-corrected chi connectivity index (χ4v) is 2.45. The Labute approximate surface area is 120 Å². The van der Waals surface area contributed by atoms with Crippen LogP contribution in [0.5, 0.6) is 0 Å². The van der Waals surface area contributed by atoms with E-state index in [1.165, 1.54) is 5.56 Å². The molecular formula is C15H23N5. The molecule has 0 saturated carbocycles. The number of hydrogen-bond donors (Lipinski definition) is 1. The largest absolute Gasteiger partial charge is 0.370 e. The van der Waals surface area contributed by atoms with Crippen molar-refractivity contribution in [1.82, 2.24) is 19.5 Å². The van der Waals surface area contributed by atoms with Crippen molar-refractivity contribution in [1.29, 1.82) is 0 Å². The van der Waals surface area contributed by atoms with Gasteiger partial charge in [-0.15, -0.1) is 0 Å². The number of hydrogen-bond acceptors (Lipinski definition) is 4. The van der Waals surface area contributed by atoms with E-state index < -0.39 is 0 Å². The first kappa shape index (κ1) is 14.5. The Bertz CT molecular complexity index is 586. The van der Waals surface area contributed by atoms with Gasteiger partial charge in [-0.3, -0.25) is 0 Å². The van der Waals surface area contributed by atoms with Crippen LogP contribution in [0, 0.1) is 6.92 Å². The molecule has 0 radical (unpaired) electrons. The van der Waals surface area contributed by atoms with Crippen molar-refractivity contribution in [2.45, 2.75) is 47.1 Å². The highest BCUT2D eigenvalue weighted by atomic mass is 15.1. The molecule has 2 aromatic heterocycles. The molecule has 2 aromatic rings. The number of imidazole rings is 1. The smallest absolute Gasteiger partial charge is 0.180 e.